The molecule has 0 amide bonds. The first kappa shape index (κ1) is 19.8. The van der Waals surface area contributed by atoms with Crippen molar-refractivity contribution in [3.63, 3.8) is 0 Å². The summed E-state index contributed by atoms with van der Waals surface area (Å²) >= 11 is 0. The molecule has 1 aliphatic rings. The van der Waals surface area contributed by atoms with Gasteiger partial charge in [0.25, 0.3) is 0 Å². The number of likely N-dealkylation sites (tertiary alicyclic amines) is 1. The van der Waals surface area contributed by atoms with E-state index < -0.39 is 0 Å². The van der Waals surface area contributed by atoms with Crippen molar-refractivity contribution in [3.8, 4) is 17.1 Å². The summed E-state index contributed by atoms with van der Waals surface area (Å²) < 4.78 is 15.3. The molecule has 0 atom stereocenters. The van der Waals surface area contributed by atoms with E-state index in [2.05, 4.69) is 49.9 Å². The molecule has 4 rings (SSSR count). The third kappa shape index (κ3) is 4.56. The van der Waals surface area contributed by atoms with Crippen LogP contribution in [0.2, 0.25) is 0 Å². The van der Waals surface area contributed by atoms with Crippen LogP contribution >= 0.6 is 0 Å². The van der Waals surface area contributed by atoms with E-state index >= 15 is 0 Å². The Labute approximate surface area is 172 Å². The van der Waals surface area contributed by atoms with E-state index in [1.165, 1.54) is 30.5 Å². The molecule has 4 nitrogen and oxygen atoms in total. The van der Waals surface area contributed by atoms with Gasteiger partial charge in [-0.15, -0.1) is 5.10 Å². The van der Waals surface area contributed by atoms with Crippen molar-refractivity contribution in [2.75, 3.05) is 13.1 Å². The Balaban J connectivity index is 1.67. The molecule has 2 aromatic carbocycles. The average Bonchev–Trinajstić information content (AvgIpc) is 3.14. The molecule has 0 radical (unpaired) electrons. The molecule has 0 aliphatic carbocycles. The van der Waals surface area contributed by atoms with Gasteiger partial charge in [0, 0.05) is 5.56 Å². The predicted molar refractivity (Wildman–Crippen MR) is 115 cm³/mol. The molecule has 1 fully saturated rings. The first-order chi connectivity index (χ1) is 14.0. The van der Waals surface area contributed by atoms with Gasteiger partial charge in [-0.3, -0.25) is 4.90 Å². The van der Waals surface area contributed by atoms with E-state index in [0.29, 0.717) is 5.92 Å². The Kier molecular flexibility index (Phi) is 5.76. The van der Waals surface area contributed by atoms with Crippen LogP contribution in [0.4, 0.5) is 4.39 Å². The SMILES string of the molecule is CC1CCN(Cc2nc(-c3ccc(C(C)C)cc3)n(-c3ccc(F)cc3)n2)CC1. The molecule has 0 bridgehead atoms. The van der Waals surface area contributed by atoms with E-state index in [1.54, 1.807) is 12.1 Å². The fourth-order valence-corrected chi connectivity index (χ4v) is 3.81. The lowest BCUT2D eigenvalue weighted by Gasteiger charge is -2.29. The van der Waals surface area contributed by atoms with Gasteiger partial charge in [0.15, 0.2) is 11.6 Å². The smallest absolute Gasteiger partial charge is 0.165 e. The second kappa shape index (κ2) is 8.46. The van der Waals surface area contributed by atoms with Crippen molar-refractivity contribution >= 4 is 0 Å². The molecular formula is C24H29FN4. The molecule has 0 unspecified atom stereocenters. The van der Waals surface area contributed by atoms with Crippen LogP contribution in [0, 0.1) is 11.7 Å². The van der Waals surface area contributed by atoms with Gasteiger partial charge in [0.05, 0.1) is 12.2 Å². The number of piperidine rings is 1. The Morgan fingerprint density at radius 1 is 1.00 bits per heavy atom. The third-order valence-electron chi connectivity index (χ3n) is 5.80. The molecule has 0 N–H and O–H groups in total. The lowest BCUT2D eigenvalue weighted by Crippen LogP contribution is -2.32. The van der Waals surface area contributed by atoms with Gasteiger partial charge < -0.3 is 0 Å². The van der Waals surface area contributed by atoms with Crippen molar-refractivity contribution in [3.05, 3.63) is 65.7 Å². The minimum absolute atomic E-state index is 0.251. The molecule has 152 valence electrons. The van der Waals surface area contributed by atoms with Gasteiger partial charge in [-0.05, 0) is 67.6 Å². The Morgan fingerprint density at radius 3 is 2.28 bits per heavy atom. The van der Waals surface area contributed by atoms with Crippen molar-refractivity contribution in [1.82, 2.24) is 19.7 Å². The highest BCUT2D eigenvalue weighted by Gasteiger charge is 2.20. The zero-order valence-electron chi connectivity index (χ0n) is 17.5. The summed E-state index contributed by atoms with van der Waals surface area (Å²) in [5.41, 5.74) is 3.13. The van der Waals surface area contributed by atoms with Gasteiger partial charge in [0.1, 0.15) is 5.82 Å². The van der Waals surface area contributed by atoms with Crippen LogP contribution in [0.3, 0.4) is 0 Å². The van der Waals surface area contributed by atoms with E-state index in [4.69, 9.17) is 10.1 Å². The summed E-state index contributed by atoms with van der Waals surface area (Å²) in [6.07, 6.45) is 2.45. The number of hydrogen-bond donors (Lipinski definition) is 0. The molecule has 2 heterocycles. The van der Waals surface area contributed by atoms with Crippen LogP contribution in [0.15, 0.2) is 48.5 Å². The number of nitrogens with zero attached hydrogens (tertiary/aromatic N) is 4. The summed E-state index contributed by atoms with van der Waals surface area (Å²) in [5, 5.41) is 4.80. The predicted octanol–water partition coefficient (Wildman–Crippen LogP) is 5.43. The van der Waals surface area contributed by atoms with Gasteiger partial charge >= 0.3 is 0 Å². The number of rotatable bonds is 5. The molecule has 0 saturated carbocycles. The maximum absolute atomic E-state index is 13.4. The van der Waals surface area contributed by atoms with Crippen molar-refractivity contribution in [2.45, 2.75) is 46.1 Å². The van der Waals surface area contributed by atoms with Gasteiger partial charge in [-0.2, -0.15) is 0 Å². The lowest BCUT2D eigenvalue weighted by molar-refractivity contribution is 0.181. The molecule has 0 spiro atoms. The summed E-state index contributed by atoms with van der Waals surface area (Å²) in [6.45, 7) is 9.62. The lowest BCUT2D eigenvalue weighted by atomic mass is 9.99. The molecule has 5 heteroatoms. The minimum Gasteiger partial charge on any atom is -0.296 e. The average molecular weight is 393 g/mol. The highest BCUT2D eigenvalue weighted by Crippen LogP contribution is 2.25. The largest absolute Gasteiger partial charge is 0.296 e. The van der Waals surface area contributed by atoms with E-state index in [0.717, 1.165) is 48.5 Å². The maximum atomic E-state index is 13.4. The van der Waals surface area contributed by atoms with Gasteiger partial charge in [0.2, 0.25) is 0 Å². The summed E-state index contributed by atoms with van der Waals surface area (Å²) in [5.74, 6) is 2.64. The normalized spacial score (nSPS) is 15.9. The number of benzene rings is 2. The third-order valence-corrected chi connectivity index (χ3v) is 5.80. The second-order valence-electron chi connectivity index (χ2n) is 8.48. The molecule has 1 saturated heterocycles. The highest BCUT2D eigenvalue weighted by molar-refractivity contribution is 5.58. The van der Waals surface area contributed by atoms with E-state index in [1.807, 2.05) is 4.68 Å². The molecule has 3 aromatic rings. The van der Waals surface area contributed by atoms with Gasteiger partial charge in [-0.25, -0.2) is 14.1 Å². The number of halogens is 1. The number of hydrogen-bond acceptors (Lipinski definition) is 3. The maximum Gasteiger partial charge on any atom is 0.165 e. The van der Waals surface area contributed by atoms with E-state index in [9.17, 15) is 4.39 Å². The summed E-state index contributed by atoms with van der Waals surface area (Å²) in [7, 11) is 0. The Hall–Kier alpha value is -2.53. The molecule has 1 aliphatic heterocycles. The summed E-state index contributed by atoms with van der Waals surface area (Å²) in [6, 6.07) is 14.9. The zero-order valence-corrected chi connectivity index (χ0v) is 17.5. The fourth-order valence-electron chi connectivity index (χ4n) is 3.81. The van der Waals surface area contributed by atoms with Crippen molar-refractivity contribution in [1.29, 1.82) is 0 Å². The minimum atomic E-state index is -0.251. The first-order valence-corrected chi connectivity index (χ1v) is 10.5. The molecule has 29 heavy (non-hydrogen) atoms. The standard InChI is InChI=1S/C24H29FN4/c1-17(2)19-4-6-20(7-5-19)24-26-23(16-28-14-12-18(3)13-15-28)27-29(24)22-10-8-21(25)9-11-22/h4-11,17-18H,12-16H2,1-3H3. The molecular weight excluding hydrogens is 363 g/mol. The second-order valence-corrected chi connectivity index (χ2v) is 8.48. The van der Waals surface area contributed by atoms with Gasteiger partial charge in [-0.1, -0.05) is 45.0 Å². The summed E-state index contributed by atoms with van der Waals surface area (Å²) in [4.78, 5) is 7.31. The van der Waals surface area contributed by atoms with E-state index in [-0.39, 0.29) is 5.82 Å². The van der Waals surface area contributed by atoms with Crippen LogP contribution in [0.25, 0.3) is 17.1 Å². The number of aromatic nitrogens is 3. The monoisotopic (exact) mass is 392 g/mol. The highest BCUT2D eigenvalue weighted by atomic mass is 19.1. The first-order valence-electron chi connectivity index (χ1n) is 10.5. The fraction of sp³-hybridized carbons (Fsp3) is 0.417. The Morgan fingerprint density at radius 2 is 1.66 bits per heavy atom. The van der Waals surface area contributed by atoms with Crippen molar-refractivity contribution in [2.24, 2.45) is 5.92 Å². The van der Waals surface area contributed by atoms with Crippen LogP contribution in [-0.2, 0) is 6.54 Å². The van der Waals surface area contributed by atoms with Crippen LogP contribution in [-0.4, -0.2) is 32.8 Å². The van der Waals surface area contributed by atoms with Crippen LogP contribution in [0.1, 0.15) is 50.9 Å². The Bertz CT molecular complexity index is 936. The topological polar surface area (TPSA) is 34.0 Å². The zero-order chi connectivity index (χ0) is 20.4. The quantitative estimate of drug-likeness (QED) is 0.581. The van der Waals surface area contributed by atoms with Crippen LogP contribution in [0.5, 0.6) is 0 Å². The van der Waals surface area contributed by atoms with Crippen LogP contribution < -0.4 is 0 Å². The molecule has 1 aromatic heterocycles. The van der Waals surface area contributed by atoms with Crippen molar-refractivity contribution < 1.29 is 4.39 Å².